The Morgan fingerprint density at radius 2 is 1.93 bits per heavy atom. The van der Waals surface area contributed by atoms with Crippen molar-refractivity contribution >= 4 is 5.97 Å². The van der Waals surface area contributed by atoms with Gasteiger partial charge in [0.2, 0.25) is 0 Å². The van der Waals surface area contributed by atoms with Crippen molar-refractivity contribution in [3.63, 3.8) is 0 Å². The predicted molar refractivity (Wildman–Crippen MR) is 60.6 cm³/mol. The summed E-state index contributed by atoms with van der Waals surface area (Å²) in [6.07, 6.45) is 5.75. The minimum Gasteiger partial charge on any atom is -0.438 e. The number of ether oxygens (including phenoxy) is 2. The maximum absolute atomic E-state index is 11.1. The third-order valence-electron chi connectivity index (χ3n) is 2.32. The van der Waals surface area contributed by atoms with Gasteiger partial charge in [0.1, 0.15) is 0 Å². The molecule has 90 valence electrons. The maximum Gasteiger partial charge on any atom is 0.307 e. The van der Waals surface area contributed by atoms with Gasteiger partial charge in [0.25, 0.3) is 0 Å². The van der Waals surface area contributed by atoms with E-state index in [2.05, 4.69) is 20.8 Å². The van der Waals surface area contributed by atoms with E-state index in [1.54, 1.807) is 0 Å². The second-order valence-corrected chi connectivity index (χ2v) is 3.72. The first kappa shape index (κ1) is 14.4. The molecule has 3 heteroatoms. The Balaban J connectivity index is 3.45. The highest BCUT2D eigenvalue weighted by Gasteiger charge is 2.06. The van der Waals surface area contributed by atoms with E-state index in [0.29, 0.717) is 6.42 Å². The lowest BCUT2D eigenvalue weighted by molar-refractivity contribution is -0.161. The number of esters is 1. The Morgan fingerprint density at radius 1 is 1.20 bits per heavy atom. The first-order valence-corrected chi connectivity index (χ1v) is 6.01. The van der Waals surface area contributed by atoms with Gasteiger partial charge in [-0.3, -0.25) is 4.79 Å². The first-order chi connectivity index (χ1) is 7.24. The summed E-state index contributed by atoms with van der Waals surface area (Å²) in [4.78, 5) is 11.1. The molecule has 0 amide bonds. The van der Waals surface area contributed by atoms with E-state index < -0.39 is 0 Å². The van der Waals surface area contributed by atoms with Crippen LogP contribution in [0.25, 0.3) is 0 Å². The molecule has 0 heterocycles. The lowest BCUT2D eigenvalue weighted by atomic mass is 10.2. The quantitative estimate of drug-likeness (QED) is 0.438. The Morgan fingerprint density at radius 3 is 2.47 bits per heavy atom. The molecule has 0 fully saturated rings. The largest absolute Gasteiger partial charge is 0.438 e. The van der Waals surface area contributed by atoms with E-state index in [4.69, 9.17) is 9.47 Å². The SMILES string of the molecule is CCCCC(=O)OCOC(CC)CCC. The summed E-state index contributed by atoms with van der Waals surface area (Å²) < 4.78 is 10.4. The van der Waals surface area contributed by atoms with Crippen molar-refractivity contribution in [2.75, 3.05) is 6.79 Å². The topological polar surface area (TPSA) is 35.5 Å². The molecule has 15 heavy (non-hydrogen) atoms. The van der Waals surface area contributed by atoms with Crippen molar-refractivity contribution in [1.29, 1.82) is 0 Å². The van der Waals surface area contributed by atoms with Crippen LogP contribution in [0.3, 0.4) is 0 Å². The molecule has 1 atom stereocenters. The van der Waals surface area contributed by atoms with Crippen LogP contribution < -0.4 is 0 Å². The van der Waals surface area contributed by atoms with Crippen LogP contribution in [0.4, 0.5) is 0 Å². The Bertz CT molecular complexity index is 157. The van der Waals surface area contributed by atoms with Gasteiger partial charge in [0.15, 0.2) is 6.79 Å². The van der Waals surface area contributed by atoms with Crippen LogP contribution in [-0.2, 0) is 14.3 Å². The summed E-state index contributed by atoms with van der Waals surface area (Å²) in [7, 11) is 0. The molecule has 0 aromatic heterocycles. The molecular weight excluding hydrogens is 192 g/mol. The van der Waals surface area contributed by atoms with Crippen LogP contribution in [-0.4, -0.2) is 18.9 Å². The Labute approximate surface area is 93.1 Å². The molecule has 0 rings (SSSR count). The molecule has 0 aromatic carbocycles. The van der Waals surface area contributed by atoms with E-state index in [-0.39, 0.29) is 18.9 Å². The van der Waals surface area contributed by atoms with E-state index in [1.165, 1.54) is 0 Å². The van der Waals surface area contributed by atoms with Crippen LogP contribution in [0.2, 0.25) is 0 Å². The molecule has 0 saturated carbocycles. The highest BCUT2D eigenvalue weighted by Crippen LogP contribution is 2.06. The molecule has 0 bridgehead atoms. The summed E-state index contributed by atoms with van der Waals surface area (Å²) >= 11 is 0. The Hall–Kier alpha value is -0.570. The standard InChI is InChI=1S/C12H24O3/c1-4-7-9-12(13)15-10-14-11(6-3)8-5-2/h11H,4-10H2,1-3H3. The van der Waals surface area contributed by atoms with Crippen molar-refractivity contribution in [2.24, 2.45) is 0 Å². The van der Waals surface area contributed by atoms with Crippen LogP contribution in [0.15, 0.2) is 0 Å². The van der Waals surface area contributed by atoms with E-state index in [0.717, 1.165) is 32.1 Å². The van der Waals surface area contributed by atoms with Crippen molar-refractivity contribution in [3.8, 4) is 0 Å². The van der Waals surface area contributed by atoms with Crippen LogP contribution >= 0.6 is 0 Å². The van der Waals surface area contributed by atoms with Gasteiger partial charge >= 0.3 is 5.97 Å². The normalized spacial score (nSPS) is 12.5. The van der Waals surface area contributed by atoms with Gasteiger partial charge in [0, 0.05) is 6.42 Å². The smallest absolute Gasteiger partial charge is 0.307 e. The van der Waals surface area contributed by atoms with Crippen LogP contribution in [0.1, 0.15) is 59.3 Å². The zero-order valence-electron chi connectivity index (χ0n) is 10.3. The fraction of sp³-hybridized carbons (Fsp3) is 0.917. The fourth-order valence-electron chi connectivity index (χ4n) is 1.32. The lowest BCUT2D eigenvalue weighted by Gasteiger charge is -2.14. The minimum atomic E-state index is -0.150. The molecule has 0 aromatic rings. The Kier molecular flexibility index (Phi) is 9.59. The molecule has 1 unspecified atom stereocenters. The van der Waals surface area contributed by atoms with Gasteiger partial charge in [-0.25, -0.2) is 0 Å². The number of unbranched alkanes of at least 4 members (excludes halogenated alkanes) is 1. The first-order valence-electron chi connectivity index (χ1n) is 6.01. The van der Waals surface area contributed by atoms with E-state index in [9.17, 15) is 4.79 Å². The molecular formula is C12H24O3. The lowest BCUT2D eigenvalue weighted by Crippen LogP contribution is -2.16. The molecule has 0 aliphatic heterocycles. The zero-order valence-corrected chi connectivity index (χ0v) is 10.3. The third kappa shape index (κ3) is 8.43. The van der Waals surface area contributed by atoms with Gasteiger partial charge in [-0.05, 0) is 19.3 Å². The molecule has 0 saturated heterocycles. The number of hydrogen-bond donors (Lipinski definition) is 0. The highest BCUT2D eigenvalue weighted by molar-refractivity contribution is 5.69. The average Bonchev–Trinajstić information content (AvgIpc) is 2.25. The minimum absolute atomic E-state index is 0.112. The van der Waals surface area contributed by atoms with Crippen molar-refractivity contribution in [3.05, 3.63) is 0 Å². The van der Waals surface area contributed by atoms with Gasteiger partial charge in [0.05, 0.1) is 6.10 Å². The summed E-state index contributed by atoms with van der Waals surface area (Å²) in [6.45, 7) is 6.37. The molecule has 3 nitrogen and oxygen atoms in total. The maximum atomic E-state index is 11.1. The van der Waals surface area contributed by atoms with Crippen LogP contribution in [0, 0.1) is 0 Å². The predicted octanol–water partition coefficient (Wildman–Crippen LogP) is 3.27. The molecule has 0 spiro atoms. The molecule has 0 N–H and O–H groups in total. The second kappa shape index (κ2) is 9.97. The highest BCUT2D eigenvalue weighted by atomic mass is 16.7. The van der Waals surface area contributed by atoms with Gasteiger partial charge in [-0.2, -0.15) is 0 Å². The van der Waals surface area contributed by atoms with Crippen LogP contribution in [0.5, 0.6) is 0 Å². The number of carbonyl (C=O) groups is 1. The van der Waals surface area contributed by atoms with E-state index in [1.807, 2.05) is 0 Å². The van der Waals surface area contributed by atoms with Gasteiger partial charge in [-0.1, -0.05) is 33.6 Å². The van der Waals surface area contributed by atoms with Crippen molar-refractivity contribution in [2.45, 2.75) is 65.4 Å². The second-order valence-electron chi connectivity index (χ2n) is 3.72. The average molecular weight is 216 g/mol. The number of hydrogen-bond acceptors (Lipinski definition) is 3. The summed E-state index contributed by atoms with van der Waals surface area (Å²) in [5, 5.41) is 0. The van der Waals surface area contributed by atoms with E-state index >= 15 is 0 Å². The number of rotatable bonds is 9. The fourth-order valence-corrected chi connectivity index (χ4v) is 1.32. The van der Waals surface area contributed by atoms with Gasteiger partial charge in [-0.15, -0.1) is 0 Å². The summed E-state index contributed by atoms with van der Waals surface area (Å²) in [6, 6.07) is 0. The van der Waals surface area contributed by atoms with Crippen molar-refractivity contribution in [1.82, 2.24) is 0 Å². The zero-order chi connectivity index (χ0) is 11.5. The summed E-state index contributed by atoms with van der Waals surface area (Å²) in [5.41, 5.74) is 0. The monoisotopic (exact) mass is 216 g/mol. The molecule has 0 aliphatic carbocycles. The number of carbonyl (C=O) groups excluding carboxylic acids is 1. The third-order valence-corrected chi connectivity index (χ3v) is 2.32. The molecule has 0 radical (unpaired) electrons. The van der Waals surface area contributed by atoms with Crippen molar-refractivity contribution < 1.29 is 14.3 Å². The molecule has 0 aliphatic rings. The van der Waals surface area contributed by atoms with Gasteiger partial charge < -0.3 is 9.47 Å². The summed E-state index contributed by atoms with van der Waals surface area (Å²) in [5.74, 6) is -0.150.